The molecule has 1 saturated carbocycles. The van der Waals surface area contributed by atoms with Crippen LogP contribution >= 0.6 is 23.2 Å². The Morgan fingerprint density at radius 3 is 2.33 bits per heavy atom. The Balaban J connectivity index is 2.08. The van der Waals surface area contributed by atoms with E-state index in [1.165, 1.54) is 12.1 Å². The molecular formula is C14H16Cl2N2O3. The van der Waals surface area contributed by atoms with Crippen molar-refractivity contribution in [2.24, 2.45) is 5.92 Å². The van der Waals surface area contributed by atoms with Crippen molar-refractivity contribution in [2.75, 3.05) is 5.32 Å². The first-order valence-electron chi connectivity index (χ1n) is 6.68. The van der Waals surface area contributed by atoms with Gasteiger partial charge in [-0.3, -0.25) is 0 Å². The molecule has 2 amide bonds. The first-order valence-corrected chi connectivity index (χ1v) is 7.44. The topological polar surface area (TPSA) is 78.4 Å². The number of hydrogen-bond donors (Lipinski definition) is 3. The zero-order chi connectivity index (χ0) is 15.6. The highest BCUT2D eigenvalue weighted by Gasteiger charge is 2.25. The second kappa shape index (κ2) is 6.54. The fourth-order valence-electron chi connectivity index (χ4n) is 2.49. The number of aromatic carboxylic acids is 1. The average Bonchev–Trinajstić information content (AvgIpc) is 2.79. The van der Waals surface area contributed by atoms with Gasteiger partial charge in [-0.25, -0.2) is 9.59 Å². The monoisotopic (exact) mass is 330 g/mol. The van der Waals surface area contributed by atoms with Crippen LogP contribution in [-0.2, 0) is 0 Å². The van der Waals surface area contributed by atoms with Crippen LogP contribution in [0.3, 0.4) is 0 Å². The van der Waals surface area contributed by atoms with Crippen LogP contribution in [0.25, 0.3) is 0 Å². The van der Waals surface area contributed by atoms with Crippen molar-refractivity contribution < 1.29 is 14.7 Å². The van der Waals surface area contributed by atoms with Gasteiger partial charge in [0.15, 0.2) is 0 Å². The van der Waals surface area contributed by atoms with E-state index in [1.807, 2.05) is 0 Å². The maximum absolute atomic E-state index is 12.0. The largest absolute Gasteiger partial charge is 0.478 e. The minimum absolute atomic E-state index is 0.0274. The number of amides is 2. The molecule has 0 aromatic heterocycles. The van der Waals surface area contributed by atoms with Crippen molar-refractivity contribution in [3.05, 3.63) is 27.7 Å². The molecule has 0 radical (unpaired) electrons. The Morgan fingerprint density at radius 1 is 1.24 bits per heavy atom. The van der Waals surface area contributed by atoms with E-state index in [1.54, 1.807) is 0 Å². The first kappa shape index (κ1) is 15.9. The lowest BCUT2D eigenvalue weighted by molar-refractivity contribution is 0.0697. The van der Waals surface area contributed by atoms with E-state index in [0.717, 1.165) is 19.3 Å². The summed E-state index contributed by atoms with van der Waals surface area (Å²) >= 11 is 12.0. The number of halogens is 2. The summed E-state index contributed by atoms with van der Waals surface area (Å²) in [6.07, 6.45) is 3.15. The van der Waals surface area contributed by atoms with E-state index < -0.39 is 5.97 Å². The number of carboxylic acid groups (broad SMARTS) is 1. The number of nitrogens with one attached hydrogen (secondary N) is 2. The number of anilines is 1. The van der Waals surface area contributed by atoms with E-state index in [-0.39, 0.29) is 33.4 Å². The number of urea groups is 1. The number of carbonyl (C=O) groups excluding carboxylic acids is 1. The maximum atomic E-state index is 12.0. The van der Waals surface area contributed by atoms with Gasteiger partial charge in [0.1, 0.15) is 0 Å². The summed E-state index contributed by atoms with van der Waals surface area (Å²) in [5.41, 5.74) is 0.187. The number of carbonyl (C=O) groups is 2. The molecule has 0 spiro atoms. The highest BCUT2D eigenvalue weighted by Crippen LogP contribution is 2.32. The lowest BCUT2D eigenvalue weighted by Crippen LogP contribution is -2.39. The highest BCUT2D eigenvalue weighted by molar-refractivity contribution is 6.40. The molecule has 0 bridgehead atoms. The van der Waals surface area contributed by atoms with Gasteiger partial charge in [0, 0.05) is 6.04 Å². The van der Waals surface area contributed by atoms with E-state index in [4.69, 9.17) is 28.3 Å². The van der Waals surface area contributed by atoms with Crippen LogP contribution in [0, 0.1) is 5.92 Å². The molecule has 1 aliphatic rings. The van der Waals surface area contributed by atoms with Gasteiger partial charge in [-0.1, -0.05) is 36.5 Å². The van der Waals surface area contributed by atoms with Gasteiger partial charge in [0.05, 0.1) is 21.3 Å². The molecule has 1 fully saturated rings. The SMILES string of the molecule is CC1CCCC1NC(=O)Nc1c(Cl)cc(C(=O)O)cc1Cl. The lowest BCUT2D eigenvalue weighted by atomic mass is 10.1. The molecule has 2 unspecified atom stereocenters. The van der Waals surface area contributed by atoms with Crippen LogP contribution in [0.2, 0.25) is 10.0 Å². The van der Waals surface area contributed by atoms with Gasteiger partial charge in [-0.15, -0.1) is 0 Å². The molecule has 0 heterocycles. The van der Waals surface area contributed by atoms with Gasteiger partial charge in [-0.05, 0) is 30.9 Å². The minimum Gasteiger partial charge on any atom is -0.478 e. The molecule has 2 atom stereocenters. The van der Waals surface area contributed by atoms with Crippen LogP contribution in [0.1, 0.15) is 36.5 Å². The zero-order valence-electron chi connectivity index (χ0n) is 11.5. The molecule has 5 nitrogen and oxygen atoms in total. The second-order valence-corrected chi connectivity index (χ2v) is 6.05. The molecule has 0 aliphatic heterocycles. The van der Waals surface area contributed by atoms with Gasteiger partial charge in [0.25, 0.3) is 0 Å². The summed E-state index contributed by atoms with van der Waals surface area (Å²) in [5, 5.41) is 14.6. The summed E-state index contributed by atoms with van der Waals surface area (Å²) in [6.45, 7) is 2.10. The van der Waals surface area contributed by atoms with Crippen LogP contribution in [0.5, 0.6) is 0 Å². The van der Waals surface area contributed by atoms with E-state index >= 15 is 0 Å². The molecule has 21 heavy (non-hydrogen) atoms. The van der Waals surface area contributed by atoms with E-state index in [9.17, 15) is 9.59 Å². The summed E-state index contributed by atoms with van der Waals surface area (Å²) < 4.78 is 0. The molecular weight excluding hydrogens is 315 g/mol. The predicted octanol–water partition coefficient (Wildman–Crippen LogP) is 4.00. The molecule has 1 aromatic carbocycles. The van der Waals surface area contributed by atoms with Gasteiger partial charge < -0.3 is 15.7 Å². The Kier molecular flexibility index (Phi) is 4.96. The highest BCUT2D eigenvalue weighted by atomic mass is 35.5. The quantitative estimate of drug-likeness (QED) is 0.783. The van der Waals surface area contributed by atoms with Crippen molar-refractivity contribution in [3.63, 3.8) is 0 Å². The first-order chi connectivity index (χ1) is 9.88. The van der Waals surface area contributed by atoms with Crippen LogP contribution < -0.4 is 10.6 Å². The van der Waals surface area contributed by atoms with Crippen molar-refractivity contribution in [1.82, 2.24) is 5.32 Å². The normalized spacial score (nSPS) is 21.1. The fraction of sp³-hybridized carbons (Fsp3) is 0.429. The maximum Gasteiger partial charge on any atom is 0.335 e. The Morgan fingerprint density at radius 2 is 1.86 bits per heavy atom. The summed E-state index contributed by atoms with van der Waals surface area (Å²) in [4.78, 5) is 22.9. The predicted molar refractivity (Wildman–Crippen MR) is 82.4 cm³/mol. The minimum atomic E-state index is -1.13. The molecule has 7 heteroatoms. The van der Waals surface area contributed by atoms with E-state index in [2.05, 4.69) is 17.6 Å². The molecule has 1 aromatic rings. The van der Waals surface area contributed by atoms with Crippen molar-refractivity contribution in [1.29, 1.82) is 0 Å². The molecule has 3 N–H and O–H groups in total. The van der Waals surface area contributed by atoms with E-state index in [0.29, 0.717) is 5.92 Å². The lowest BCUT2D eigenvalue weighted by Gasteiger charge is -2.18. The Hall–Kier alpha value is -1.46. The second-order valence-electron chi connectivity index (χ2n) is 5.23. The average molecular weight is 331 g/mol. The van der Waals surface area contributed by atoms with Crippen molar-refractivity contribution in [3.8, 4) is 0 Å². The number of carboxylic acids is 1. The van der Waals surface area contributed by atoms with Crippen LogP contribution in [0.15, 0.2) is 12.1 Å². The standard InChI is InChI=1S/C14H16Cl2N2O3/c1-7-3-2-4-11(7)17-14(21)18-12-9(15)5-8(13(19)20)6-10(12)16/h5-7,11H,2-4H2,1H3,(H,19,20)(H2,17,18,21). The van der Waals surface area contributed by atoms with Crippen LogP contribution in [-0.4, -0.2) is 23.1 Å². The summed E-state index contributed by atoms with van der Waals surface area (Å²) in [5.74, 6) is -0.689. The van der Waals surface area contributed by atoms with Crippen molar-refractivity contribution >= 4 is 40.9 Å². The zero-order valence-corrected chi connectivity index (χ0v) is 13.0. The summed E-state index contributed by atoms with van der Waals surface area (Å²) in [6, 6.07) is 2.26. The number of rotatable bonds is 3. The van der Waals surface area contributed by atoms with Gasteiger partial charge in [-0.2, -0.15) is 0 Å². The third-order valence-corrected chi connectivity index (χ3v) is 4.30. The number of benzene rings is 1. The third kappa shape index (κ3) is 3.80. The Labute approximate surface area is 132 Å². The summed E-state index contributed by atoms with van der Waals surface area (Å²) in [7, 11) is 0. The Bertz CT molecular complexity index is 554. The molecule has 114 valence electrons. The van der Waals surface area contributed by atoms with Crippen LogP contribution in [0.4, 0.5) is 10.5 Å². The fourth-order valence-corrected chi connectivity index (χ4v) is 3.08. The number of hydrogen-bond acceptors (Lipinski definition) is 2. The van der Waals surface area contributed by atoms with Crippen molar-refractivity contribution in [2.45, 2.75) is 32.2 Å². The third-order valence-electron chi connectivity index (χ3n) is 3.71. The smallest absolute Gasteiger partial charge is 0.335 e. The molecule has 0 saturated heterocycles. The molecule has 1 aliphatic carbocycles. The van der Waals surface area contributed by atoms with Gasteiger partial charge in [0.2, 0.25) is 0 Å². The van der Waals surface area contributed by atoms with Gasteiger partial charge >= 0.3 is 12.0 Å². The molecule has 2 rings (SSSR count).